The first-order valence-electron chi connectivity index (χ1n) is 9.86. The maximum Gasteiger partial charge on any atom is 0.335 e. The third kappa shape index (κ3) is 18.0. The van der Waals surface area contributed by atoms with Crippen LogP contribution in [0.4, 0.5) is 11.4 Å². The second-order valence-electron chi connectivity index (χ2n) is 6.78. The Morgan fingerprint density at radius 2 is 1.43 bits per heavy atom. The van der Waals surface area contributed by atoms with E-state index in [2.05, 4.69) is 10.1 Å². The number of carbonyl (C=O) groups is 2. The molecule has 0 saturated carbocycles. The Morgan fingerprint density at radius 1 is 0.975 bits per heavy atom. The molecular formula is C23H36ClN9O7. The third-order valence-corrected chi connectivity index (χ3v) is 3.72. The lowest BCUT2D eigenvalue weighted by Crippen LogP contribution is -2.22. The smallest absolute Gasteiger partial charge is 0.335 e. The molecule has 0 bridgehead atoms. The summed E-state index contributed by atoms with van der Waals surface area (Å²) in [5.74, 6) is -2.09. The summed E-state index contributed by atoms with van der Waals surface area (Å²) in [6.07, 6.45) is 0. The fourth-order valence-corrected chi connectivity index (χ4v) is 2.40. The molecular weight excluding hydrogens is 550 g/mol. The molecule has 3 rings (SSSR count). The number of nitrogen functional groups attached to an aromatic ring is 2. The maximum absolute atomic E-state index is 10.5. The van der Waals surface area contributed by atoms with E-state index in [0.717, 1.165) is 11.4 Å². The highest BCUT2D eigenvalue weighted by Crippen LogP contribution is 2.13. The largest absolute Gasteiger partial charge is 0.478 e. The highest BCUT2D eigenvalue weighted by molar-refractivity contribution is 5.89. The zero-order valence-electron chi connectivity index (χ0n) is 20.2. The van der Waals surface area contributed by atoms with Crippen molar-refractivity contribution in [1.82, 2.24) is 9.78 Å². The van der Waals surface area contributed by atoms with E-state index >= 15 is 0 Å². The average Bonchev–Trinajstić information content (AvgIpc) is 3.12. The Kier molecular flexibility index (Phi) is 21.5. The topological polar surface area (TPSA) is 296 Å². The number of aryl methyl sites for hydroxylation is 2. The van der Waals surface area contributed by atoms with Gasteiger partial charge in [-0.15, -0.1) is 22.5 Å². The number of nitrogens with one attached hydrogen (secondary N) is 1. The number of rotatable bonds is 3. The van der Waals surface area contributed by atoms with Crippen LogP contribution in [0.1, 0.15) is 47.0 Å². The Morgan fingerprint density at radius 3 is 1.73 bits per heavy atom. The van der Waals surface area contributed by atoms with Crippen LogP contribution in [0, 0.1) is 29.4 Å². The molecule has 0 fully saturated rings. The molecule has 0 saturated heterocycles. The van der Waals surface area contributed by atoms with Crippen molar-refractivity contribution in [2.75, 3.05) is 5.73 Å². The van der Waals surface area contributed by atoms with Gasteiger partial charge in [-0.3, -0.25) is 5.41 Å². The highest BCUT2D eigenvalue weighted by atomic mass is 35.5. The van der Waals surface area contributed by atoms with Crippen LogP contribution in [0.5, 0.6) is 0 Å². The lowest BCUT2D eigenvalue weighted by atomic mass is 10.2. The molecule has 1 heterocycles. The molecule has 0 aliphatic rings. The van der Waals surface area contributed by atoms with Gasteiger partial charge in [0.15, 0.2) is 5.96 Å². The Labute approximate surface area is 237 Å². The molecule has 0 radical (unpaired) electrons. The summed E-state index contributed by atoms with van der Waals surface area (Å²) in [7, 11) is 0. The molecule has 0 amide bonds. The number of aromatic carboxylic acids is 2. The zero-order valence-corrected chi connectivity index (χ0v) is 21.0. The summed E-state index contributed by atoms with van der Waals surface area (Å²) in [6, 6.07) is 14.1. The Bertz CT molecular complexity index is 1270. The van der Waals surface area contributed by atoms with Gasteiger partial charge in [-0.25, -0.2) is 19.3 Å². The minimum atomic E-state index is -1.50. The van der Waals surface area contributed by atoms with E-state index in [4.69, 9.17) is 53.9 Å². The Hall–Kier alpha value is -5.38. The number of hydrogen-bond donors (Lipinski definition) is 8. The first-order valence-corrected chi connectivity index (χ1v) is 9.86. The van der Waals surface area contributed by atoms with Crippen LogP contribution >= 0.6 is 12.4 Å². The number of aliphatic imine (C=N–C) groups is 1. The van der Waals surface area contributed by atoms with Crippen LogP contribution < -0.4 is 22.9 Å². The van der Waals surface area contributed by atoms with Crippen LogP contribution in [0.25, 0.3) is 0 Å². The normalized spacial score (nSPS) is 8.35. The van der Waals surface area contributed by atoms with Crippen molar-refractivity contribution >= 4 is 47.6 Å². The molecule has 0 aliphatic carbocycles. The second-order valence-corrected chi connectivity index (χ2v) is 6.78. The fourth-order valence-electron chi connectivity index (χ4n) is 2.40. The standard InChI is InChI=1S/C8H9N3O2.C7H7NO2.C6H10N4.2CH4.ClH.HNO3/c9-8(10)11-6-3-1-2-5(4-6)7(12)13;8-6-3-1-2-5(4-6)7(9)10;1-4-3-5(2)10(9-4)6(7)8;;;;2-1(3)4/h1-4H,(H,12,13)(H4,9,10,11);1-4H,8H2,(H,9,10);3H,1-2H3,(H3,7,8);2*1H4;1H;(H,2,3,4). The van der Waals surface area contributed by atoms with Gasteiger partial charge in [0, 0.05) is 11.4 Å². The van der Waals surface area contributed by atoms with Gasteiger partial charge < -0.3 is 38.4 Å². The van der Waals surface area contributed by atoms with Gasteiger partial charge in [0.25, 0.3) is 5.09 Å². The van der Waals surface area contributed by atoms with Crippen LogP contribution in [0.3, 0.4) is 0 Å². The maximum atomic E-state index is 10.5. The van der Waals surface area contributed by atoms with Gasteiger partial charge in [-0.05, 0) is 56.3 Å². The number of hydrogen-bond acceptors (Lipinski definition) is 8. The van der Waals surface area contributed by atoms with Crippen molar-refractivity contribution in [3.8, 4) is 0 Å². The zero-order chi connectivity index (χ0) is 28.7. The molecule has 0 spiro atoms. The van der Waals surface area contributed by atoms with Crippen molar-refractivity contribution in [3.05, 3.63) is 87.2 Å². The minimum absolute atomic E-state index is 0. The van der Waals surface area contributed by atoms with E-state index in [1.807, 2.05) is 19.9 Å². The SMILES string of the molecule is C.C.Cc1cc(C)n(C(=N)N)n1.Cl.NC(N)=Nc1cccc(C(=O)O)c1.Nc1cccc(C(=O)O)c1.O=[N+]([O-])O. The van der Waals surface area contributed by atoms with Crippen LogP contribution in [0.2, 0.25) is 0 Å². The quantitative estimate of drug-likeness (QED) is 0.0723. The van der Waals surface area contributed by atoms with Crippen LogP contribution in [-0.2, 0) is 0 Å². The molecule has 0 unspecified atom stereocenters. The Balaban J connectivity index is -0.000000222. The average molecular weight is 586 g/mol. The van der Waals surface area contributed by atoms with Gasteiger partial charge in [-0.2, -0.15) is 5.10 Å². The van der Waals surface area contributed by atoms with E-state index in [0.29, 0.717) is 11.4 Å². The van der Waals surface area contributed by atoms with Crippen LogP contribution in [-0.4, -0.2) is 54.1 Å². The predicted octanol–water partition coefficient (Wildman–Crippen LogP) is 2.84. The van der Waals surface area contributed by atoms with Crippen LogP contribution in [0.15, 0.2) is 59.6 Å². The van der Waals surface area contributed by atoms with Crippen molar-refractivity contribution in [3.63, 3.8) is 0 Å². The molecule has 2 aromatic carbocycles. The summed E-state index contributed by atoms with van der Waals surface area (Å²) in [5, 5.41) is 41.8. The summed E-state index contributed by atoms with van der Waals surface area (Å²) < 4.78 is 1.40. The number of guanidine groups is 1. The number of nitrogens with zero attached hydrogens (tertiary/aromatic N) is 4. The first-order chi connectivity index (χ1) is 17.1. The minimum Gasteiger partial charge on any atom is -0.478 e. The lowest BCUT2D eigenvalue weighted by molar-refractivity contribution is -0.742. The molecule has 0 aliphatic heterocycles. The van der Waals surface area contributed by atoms with Gasteiger partial charge in [0.1, 0.15) is 0 Å². The third-order valence-electron chi connectivity index (χ3n) is 3.72. The molecule has 40 heavy (non-hydrogen) atoms. The lowest BCUT2D eigenvalue weighted by Gasteiger charge is -1.97. The van der Waals surface area contributed by atoms with Gasteiger partial charge in [0.2, 0.25) is 5.96 Å². The van der Waals surface area contributed by atoms with Crippen molar-refractivity contribution in [2.45, 2.75) is 28.7 Å². The summed E-state index contributed by atoms with van der Waals surface area (Å²) in [4.78, 5) is 32.9. The molecule has 3 aromatic rings. The number of aromatic nitrogens is 2. The molecule has 1 aromatic heterocycles. The first kappa shape index (κ1) is 41.7. The molecule has 0 atom stereocenters. The summed E-state index contributed by atoms with van der Waals surface area (Å²) >= 11 is 0. The fraction of sp³-hybridized carbons (Fsp3) is 0.174. The molecule has 16 nitrogen and oxygen atoms in total. The van der Waals surface area contributed by atoms with Gasteiger partial charge in [0.05, 0.1) is 22.5 Å². The van der Waals surface area contributed by atoms with Crippen molar-refractivity contribution in [1.29, 1.82) is 5.41 Å². The monoisotopic (exact) mass is 585 g/mol. The summed E-state index contributed by atoms with van der Waals surface area (Å²) in [5.41, 5.74) is 23.9. The number of halogens is 1. The van der Waals surface area contributed by atoms with E-state index in [9.17, 15) is 9.59 Å². The molecule has 222 valence electrons. The van der Waals surface area contributed by atoms with E-state index in [1.54, 1.807) is 24.3 Å². The second kappa shape index (κ2) is 20.7. The number of nitrogens with two attached hydrogens (primary N) is 4. The number of anilines is 1. The van der Waals surface area contributed by atoms with E-state index in [-0.39, 0.29) is 50.3 Å². The van der Waals surface area contributed by atoms with Gasteiger partial charge in [-0.1, -0.05) is 27.0 Å². The molecule has 17 heteroatoms. The predicted molar refractivity (Wildman–Crippen MR) is 155 cm³/mol. The van der Waals surface area contributed by atoms with E-state index < -0.39 is 17.0 Å². The van der Waals surface area contributed by atoms with Crippen molar-refractivity contribution < 1.29 is 30.1 Å². The highest BCUT2D eigenvalue weighted by Gasteiger charge is 2.02. The number of carboxylic acid groups (broad SMARTS) is 2. The van der Waals surface area contributed by atoms with Gasteiger partial charge >= 0.3 is 11.9 Å². The van der Waals surface area contributed by atoms with E-state index in [1.165, 1.54) is 28.9 Å². The molecule has 12 N–H and O–H groups in total. The summed E-state index contributed by atoms with van der Waals surface area (Å²) in [6.45, 7) is 3.73. The number of benzene rings is 2. The number of carboxylic acids is 2. The van der Waals surface area contributed by atoms with Crippen molar-refractivity contribution in [2.24, 2.45) is 22.2 Å².